The van der Waals surface area contributed by atoms with Crippen molar-refractivity contribution in [2.24, 2.45) is 5.73 Å². The summed E-state index contributed by atoms with van der Waals surface area (Å²) >= 11 is 0. The summed E-state index contributed by atoms with van der Waals surface area (Å²) < 4.78 is 0. The van der Waals surface area contributed by atoms with Crippen molar-refractivity contribution in [3.05, 3.63) is 18.2 Å². The standard InChI is InChI=1S/C19H28N6O10/c1-8(26)15(19(34)35)25-18(33)12(5-14(29)30)24-17(32)11(2-3-13(27)28)23-16(31)10(20)4-9-6-21-7-22-9/h6-8,10-12,15,26H,2-5,20H2,1H3,(H,21,22)(H,23,31)(H,24,32)(H,25,33)(H,27,28)(H,29,30)(H,34,35)/t8-,10+,11+,12+,15+/m1/s1. The number of aromatic nitrogens is 2. The molecule has 1 heterocycles. The van der Waals surface area contributed by atoms with E-state index in [2.05, 4.69) is 20.6 Å². The number of nitrogens with zero attached hydrogens (tertiary/aromatic N) is 1. The van der Waals surface area contributed by atoms with Gasteiger partial charge in [-0.3, -0.25) is 24.0 Å². The maximum Gasteiger partial charge on any atom is 0.328 e. The summed E-state index contributed by atoms with van der Waals surface area (Å²) in [4.78, 5) is 77.6. The molecule has 3 amide bonds. The van der Waals surface area contributed by atoms with Crippen molar-refractivity contribution < 1.29 is 49.2 Å². The highest BCUT2D eigenvalue weighted by atomic mass is 16.4. The highest BCUT2D eigenvalue weighted by Crippen LogP contribution is 2.04. The van der Waals surface area contributed by atoms with Crippen LogP contribution in [0.4, 0.5) is 0 Å². The third-order valence-corrected chi connectivity index (χ3v) is 4.67. The molecule has 1 aromatic heterocycles. The Hall–Kier alpha value is -4.05. The molecule has 0 unspecified atom stereocenters. The van der Waals surface area contributed by atoms with Crippen molar-refractivity contribution in [1.82, 2.24) is 25.9 Å². The van der Waals surface area contributed by atoms with Crippen LogP contribution in [0.25, 0.3) is 0 Å². The zero-order valence-electron chi connectivity index (χ0n) is 18.6. The quantitative estimate of drug-likeness (QED) is 0.114. The number of hydrogen-bond acceptors (Lipinski definition) is 9. The van der Waals surface area contributed by atoms with Gasteiger partial charge < -0.3 is 47.1 Å². The molecule has 0 aliphatic carbocycles. The van der Waals surface area contributed by atoms with Gasteiger partial charge in [-0.1, -0.05) is 0 Å². The molecule has 0 bridgehead atoms. The fourth-order valence-electron chi connectivity index (χ4n) is 2.84. The maximum atomic E-state index is 12.8. The molecule has 0 saturated heterocycles. The Morgan fingerprint density at radius 2 is 1.57 bits per heavy atom. The van der Waals surface area contributed by atoms with E-state index in [4.69, 9.17) is 21.1 Å². The minimum atomic E-state index is -1.80. The van der Waals surface area contributed by atoms with Crippen molar-refractivity contribution in [3.8, 4) is 0 Å². The Labute approximate surface area is 198 Å². The molecule has 1 aromatic rings. The van der Waals surface area contributed by atoms with Crippen molar-refractivity contribution in [3.63, 3.8) is 0 Å². The number of aliphatic hydroxyl groups is 1. The second-order valence-electron chi connectivity index (χ2n) is 7.61. The van der Waals surface area contributed by atoms with Crippen molar-refractivity contribution in [2.75, 3.05) is 0 Å². The zero-order valence-corrected chi connectivity index (χ0v) is 18.6. The second-order valence-corrected chi connectivity index (χ2v) is 7.61. The molecule has 5 atom stereocenters. The highest BCUT2D eigenvalue weighted by molar-refractivity contribution is 5.95. The van der Waals surface area contributed by atoms with Gasteiger partial charge in [0, 0.05) is 24.7 Å². The predicted octanol–water partition coefficient (Wildman–Crippen LogP) is -3.46. The van der Waals surface area contributed by atoms with Crippen LogP contribution in [0.15, 0.2) is 12.5 Å². The number of carboxylic acids is 3. The molecule has 0 fully saturated rings. The summed E-state index contributed by atoms with van der Waals surface area (Å²) in [6.45, 7) is 1.08. The van der Waals surface area contributed by atoms with Gasteiger partial charge in [0.2, 0.25) is 17.7 Å². The van der Waals surface area contributed by atoms with Gasteiger partial charge in [0.1, 0.15) is 12.1 Å². The number of amides is 3. The number of carboxylic acid groups (broad SMARTS) is 3. The number of imidazole rings is 1. The van der Waals surface area contributed by atoms with Gasteiger partial charge in [-0.15, -0.1) is 0 Å². The van der Waals surface area contributed by atoms with Crippen molar-refractivity contribution >= 4 is 35.6 Å². The summed E-state index contributed by atoms with van der Waals surface area (Å²) in [6, 6.07) is -6.26. The molecule has 0 aliphatic rings. The van der Waals surface area contributed by atoms with Crippen LogP contribution in [0.3, 0.4) is 0 Å². The average Bonchev–Trinajstić information content (AvgIpc) is 3.25. The van der Waals surface area contributed by atoms with Gasteiger partial charge in [-0.2, -0.15) is 0 Å². The number of nitrogens with one attached hydrogen (secondary N) is 4. The van der Waals surface area contributed by atoms with Gasteiger partial charge in [0.25, 0.3) is 0 Å². The first kappa shape index (κ1) is 29.0. The first-order valence-electron chi connectivity index (χ1n) is 10.3. The molecule has 0 spiro atoms. The van der Waals surface area contributed by atoms with Gasteiger partial charge in [-0.05, 0) is 13.3 Å². The summed E-state index contributed by atoms with van der Waals surface area (Å²) in [7, 11) is 0. The van der Waals surface area contributed by atoms with Gasteiger partial charge >= 0.3 is 17.9 Å². The number of rotatable bonds is 15. The zero-order chi connectivity index (χ0) is 26.7. The van der Waals surface area contributed by atoms with Crippen LogP contribution in [0.2, 0.25) is 0 Å². The summed E-state index contributed by atoms with van der Waals surface area (Å²) in [5, 5.41) is 42.9. The van der Waals surface area contributed by atoms with Gasteiger partial charge in [0.15, 0.2) is 6.04 Å². The van der Waals surface area contributed by atoms with E-state index in [1.54, 1.807) is 0 Å². The summed E-state index contributed by atoms with van der Waals surface area (Å²) in [5.74, 6) is -7.58. The molecule has 0 radical (unpaired) electrons. The Balaban J connectivity index is 2.99. The molecule has 0 saturated carbocycles. The molecule has 35 heavy (non-hydrogen) atoms. The van der Waals surface area contributed by atoms with Crippen LogP contribution < -0.4 is 21.7 Å². The smallest absolute Gasteiger partial charge is 0.328 e. The van der Waals surface area contributed by atoms with E-state index in [0.29, 0.717) is 5.69 Å². The van der Waals surface area contributed by atoms with E-state index < -0.39 is 85.2 Å². The lowest BCUT2D eigenvalue weighted by Gasteiger charge is -2.25. The van der Waals surface area contributed by atoms with Gasteiger partial charge in [-0.25, -0.2) is 9.78 Å². The largest absolute Gasteiger partial charge is 0.481 e. The molecular weight excluding hydrogens is 472 g/mol. The number of aromatic amines is 1. The molecular formula is C19H28N6O10. The molecule has 0 aliphatic heterocycles. The minimum Gasteiger partial charge on any atom is -0.481 e. The lowest BCUT2D eigenvalue weighted by molar-refractivity contribution is -0.146. The first-order valence-corrected chi connectivity index (χ1v) is 10.3. The Morgan fingerprint density at radius 1 is 0.971 bits per heavy atom. The number of nitrogens with two attached hydrogens (primary N) is 1. The fraction of sp³-hybridized carbons (Fsp3) is 0.526. The maximum absolute atomic E-state index is 12.8. The number of H-pyrrole nitrogens is 1. The van der Waals surface area contributed by atoms with Crippen LogP contribution in [-0.2, 0) is 35.2 Å². The Bertz CT molecular complexity index is 919. The van der Waals surface area contributed by atoms with Gasteiger partial charge in [0.05, 0.1) is 24.9 Å². The van der Waals surface area contributed by atoms with Crippen LogP contribution in [0, 0.1) is 0 Å². The lowest BCUT2D eigenvalue weighted by Crippen LogP contribution is -2.58. The molecule has 194 valence electrons. The first-order chi connectivity index (χ1) is 16.3. The molecule has 16 heteroatoms. The monoisotopic (exact) mass is 500 g/mol. The summed E-state index contributed by atoms with van der Waals surface area (Å²) in [5.41, 5.74) is 6.33. The third-order valence-electron chi connectivity index (χ3n) is 4.67. The molecule has 0 aromatic carbocycles. The van der Waals surface area contributed by atoms with E-state index in [1.807, 2.05) is 5.32 Å². The van der Waals surface area contributed by atoms with Crippen LogP contribution in [0.5, 0.6) is 0 Å². The van der Waals surface area contributed by atoms with E-state index in [9.17, 15) is 33.9 Å². The topological polar surface area (TPSA) is 274 Å². The normalized spacial score (nSPS) is 15.1. The van der Waals surface area contributed by atoms with E-state index in [0.717, 1.165) is 6.92 Å². The number of aliphatic hydroxyl groups excluding tert-OH is 1. The second kappa shape index (κ2) is 13.6. The van der Waals surface area contributed by atoms with Crippen molar-refractivity contribution in [2.45, 2.75) is 62.9 Å². The van der Waals surface area contributed by atoms with E-state index >= 15 is 0 Å². The highest BCUT2D eigenvalue weighted by Gasteiger charge is 2.33. The third kappa shape index (κ3) is 10.2. The van der Waals surface area contributed by atoms with Crippen LogP contribution in [0.1, 0.15) is 31.9 Å². The Kier molecular flexibility index (Phi) is 11.3. The number of carbonyl (C=O) groups excluding carboxylic acids is 3. The predicted molar refractivity (Wildman–Crippen MR) is 114 cm³/mol. The Morgan fingerprint density at radius 3 is 2.06 bits per heavy atom. The van der Waals surface area contributed by atoms with Crippen LogP contribution in [-0.4, -0.2) is 96.3 Å². The number of carbonyl (C=O) groups is 6. The minimum absolute atomic E-state index is 0.0130. The SMILES string of the molecule is C[C@@H](O)[C@H](NC(=O)[C@H](CC(=O)O)NC(=O)[C@H](CCC(=O)O)NC(=O)[C@@H](N)Cc1cnc[nH]1)C(=O)O. The molecule has 10 N–H and O–H groups in total. The van der Waals surface area contributed by atoms with Crippen LogP contribution >= 0.6 is 0 Å². The van der Waals surface area contributed by atoms with E-state index in [-0.39, 0.29) is 6.42 Å². The molecule has 16 nitrogen and oxygen atoms in total. The number of aliphatic carboxylic acids is 3. The summed E-state index contributed by atoms with van der Waals surface area (Å²) in [6.07, 6.45) is -0.695. The lowest BCUT2D eigenvalue weighted by atomic mass is 10.1. The fourth-order valence-corrected chi connectivity index (χ4v) is 2.84. The van der Waals surface area contributed by atoms with E-state index in [1.165, 1.54) is 12.5 Å². The van der Waals surface area contributed by atoms with Crippen molar-refractivity contribution in [1.29, 1.82) is 0 Å². The average molecular weight is 500 g/mol. The molecule has 1 rings (SSSR count). The number of hydrogen-bond donors (Lipinski definition) is 9.